The summed E-state index contributed by atoms with van der Waals surface area (Å²) in [4.78, 5) is 12.3. The fraction of sp³-hybridized carbons (Fsp3) is 0.889. The Balaban J connectivity index is 3.80. The van der Waals surface area contributed by atoms with Crippen molar-refractivity contribution in [2.45, 2.75) is 25.1 Å². The van der Waals surface area contributed by atoms with Gasteiger partial charge < -0.3 is 16.0 Å². The standard InChI is InChI=1S/C9H18F3N3O/c1-14-7(8(13)16)3-5-15(2)6-4-9(10,11)12/h7,14H,3-6H2,1-2H3,(H2,13,16). The molecule has 4 nitrogen and oxygen atoms in total. The van der Waals surface area contributed by atoms with Crippen molar-refractivity contribution in [2.75, 3.05) is 27.2 Å². The zero-order valence-electron chi connectivity index (χ0n) is 9.47. The highest BCUT2D eigenvalue weighted by Crippen LogP contribution is 2.19. The van der Waals surface area contributed by atoms with Gasteiger partial charge in [0.2, 0.25) is 5.91 Å². The summed E-state index contributed by atoms with van der Waals surface area (Å²) in [5.74, 6) is -0.494. The first kappa shape index (κ1) is 15.2. The number of carbonyl (C=O) groups is 1. The summed E-state index contributed by atoms with van der Waals surface area (Å²) in [5.41, 5.74) is 5.08. The van der Waals surface area contributed by atoms with Crippen LogP contribution in [0.1, 0.15) is 12.8 Å². The van der Waals surface area contributed by atoms with Gasteiger partial charge in [-0.15, -0.1) is 0 Å². The van der Waals surface area contributed by atoms with Gasteiger partial charge in [0, 0.05) is 6.54 Å². The second-order valence-corrected chi connectivity index (χ2v) is 3.70. The molecule has 96 valence electrons. The number of carbonyl (C=O) groups excluding carboxylic acids is 1. The van der Waals surface area contributed by atoms with E-state index in [-0.39, 0.29) is 6.54 Å². The van der Waals surface area contributed by atoms with Gasteiger partial charge in [-0.25, -0.2) is 0 Å². The number of hydrogen-bond acceptors (Lipinski definition) is 3. The number of primary amides is 1. The van der Waals surface area contributed by atoms with Crippen LogP contribution in [-0.4, -0.2) is 50.2 Å². The molecule has 0 radical (unpaired) electrons. The number of alkyl halides is 3. The molecule has 1 amide bonds. The second-order valence-electron chi connectivity index (χ2n) is 3.70. The van der Waals surface area contributed by atoms with Gasteiger partial charge in [-0.3, -0.25) is 4.79 Å². The molecule has 0 aliphatic heterocycles. The lowest BCUT2D eigenvalue weighted by atomic mass is 10.2. The number of nitrogens with one attached hydrogen (secondary N) is 1. The number of rotatable bonds is 7. The van der Waals surface area contributed by atoms with Crippen LogP contribution in [0.4, 0.5) is 13.2 Å². The van der Waals surface area contributed by atoms with Crippen LogP contribution in [0.3, 0.4) is 0 Å². The third-order valence-electron chi connectivity index (χ3n) is 2.27. The van der Waals surface area contributed by atoms with Crippen LogP contribution in [0.5, 0.6) is 0 Å². The van der Waals surface area contributed by atoms with Crippen LogP contribution < -0.4 is 11.1 Å². The first-order chi connectivity index (χ1) is 7.26. The fourth-order valence-corrected chi connectivity index (χ4v) is 1.21. The molecule has 0 fully saturated rings. The van der Waals surface area contributed by atoms with E-state index in [0.717, 1.165) is 0 Å². The van der Waals surface area contributed by atoms with Gasteiger partial charge in [-0.1, -0.05) is 0 Å². The Bertz CT molecular complexity index is 221. The first-order valence-electron chi connectivity index (χ1n) is 4.98. The Morgan fingerprint density at radius 3 is 2.38 bits per heavy atom. The third kappa shape index (κ3) is 7.47. The van der Waals surface area contributed by atoms with Gasteiger partial charge in [0.1, 0.15) is 0 Å². The van der Waals surface area contributed by atoms with Crippen molar-refractivity contribution in [1.82, 2.24) is 10.2 Å². The molecule has 7 heteroatoms. The van der Waals surface area contributed by atoms with Crippen molar-refractivity contribution in [3.63, 3.8) is 0 Å². The first-order valence-corrected chi connectivity index (χ1v) is 4.98. The summed E-state index contributed by atoms with van der Waals surface area (Å²) in [6.45, 7) is 0.323. The highest BCUT2D eigenvalue weighted by molar-refractivity contribution is 5.79. The normalized spacial score (nSPS) is 14.1. The molecule has 0 aliphatic carbocycles. The van der Waals surface area contributed by atoms with Crippen LogP contribution in [0.2, 0.25) is 0 Å². The maximum Gasteiger partial charge on any atom is 0.390 e. The van der Waals surface area contributed by atoms with Crippen LogP contribution in [0.25, 0.3) is 0 Å². The van der Waals surface area contributed by atoms with Crippen LogP contribution in [0.15, 0.2) is 0 Å². The minimum atomic E-state index is -4.14. The third-order valence-corrected chi connectivity index (χ3v) is 2.27. The molecule has 0 bridgehead atoms. The van der Waals surface area contributed by atoms with E-state index in [1.807, 2.05) is 0 Å². The summed E-state index contributed by atoms with van der Waals surface area (Å²) in [7, 11) is 3.17. The summed E-state index contributed by atoms with van der Waals surface area (Å²) < 4.78 is 35.7. The largest absolute Gasteiger partial charge is 0.390 e. The van der Waals surface area contributed by atoms with Gasteiger partial charge >= 0.3 is 6.18 Å². The van der Waals surface area contributed by atoms with E-state index in [9.17, 15) is 18.0 Å². The molecule has 0 saturated carbocycles. The number of amides is 1. The molecule has 3 N–H and O–H groups in total. The Labute approximate surface area is 93.0 Å². The molecule has 0 spiro atoms. The Kier molecular flexibility index (Phi) is 6.35. The van der Waals surface area contributed by atoms with E-state index in [2.05, 4.69) is 5.32 Å². The van der Waals surface area contributed by atoms with Crippen LogP contribution >= 0.6 is 0 Å². The minimum absolute atomic E-state index is 0.0707. The lowest BCUT2D eigenvalue weighted by Gasteiger charge is -2.20. The maximum atomic E-state index is 11.9. The van der Waals surface area contributed by atoms with Crippen molar-refractivity contribution in [2.24, 2.45) is 5.73 Å². The zero-order chi connectivity index (χ0) is 12.8. The van der Waals surface area contributed by atoms with Crippen LogP contribution in [-0.2, 0) is 4.79 Å². The van der Waals surface area contributed by atoms with Gasteiger partial charge in [0.05, 0.1) is 12.5 Å². The van der Waals surface area contributed by atoms with Gasteiger partial charge in [-0.2, -0.15) is 13.2 Å². The predicted molar refractivity (Wildman–Crippen MR) is 54.8 cm³/mol. The van der Waals surface area contributed by atoms with E-state index in [4.69, 9.17) is 5.73 Å². The average molecular weight is 241 g/mol. The average Bonchev–Trinajstić information content (AvgIpc) is 2.14. The van der Waals surface area contributed by atoms with E-state index >= 15 is 0 Å². The van der Waals surface area contributed by atoms with Crippen molar-refractivity contribution in [3.05, 3.63) is 0 Å². The number of halogens is 3. The minimum Gasteiger partial charge on any atom is -0.368 e. The van der Waals surface area contributed by atoms with Gasteiger partial charge in [-0.05, 0) is 27.1 Å². The zero-order valence-corrected chi connectivity index (χ0v) is 9.47. The molecule has 1 atom stereocenters. The van der Waals surface area contributed by atoms with Crippen molar-refractivity contribution >= 4 is 5.91 Å². The lowest BCUT2D eigenvalue weighted by molar-refractivity contribution is -0.137. The predicted octanol–water partition coefficient (Wildman–Crippen LogP) is 0.334. The molecular formula is C9H18F3N3O. The SMILES string of the molecule is CNC(CCN(C)CCC(F)(F)F)C(N)=O. The van der Waals surface area contributed by atoms with Crippen molar-refractivity contribution < 1.29 is 18.0 Å². The molecule has 16 heavy (non-hydrogen) atoms. The smallest absolute Gasteiger partial charge is 0.368 e. The number of likely N-dealkylation sites (N-methyl/N-ethyl adjacent to an activating group) is 1. The van der Waals surface area contributed by atoms with E-state index < -0.39 is 24.5 Å². The quantitative estimate of drug-likeness (QED) is 0.675. The number of nitrogens with two attached hydrogens (primary N) is 1. The van der Waals surface area contributed by atoms with Gasteiger partial charge in [0.15, 0.2) is 0 Å². The van der Waals surface area contributed by atoms with E-state index in [0.29, 0.717) is 13.0 Å². The van der Waals surface area contributed by atoms with E-state index in [1.165, 1.54) is 4.90 Å². The topological polar surface area (TPSA) is 58.4 Å². The molecule has 0 aromatic carbocycles. The fourth-order valence-electron chi connectivity index (χ4n) is 1.21. The van der Waals surface area contributed by atoms with Crippen LogP contribution in [0, 0.1) is 0 Å². The summed E-state index contributed by atoms with van der Waals surface area (Å²) in [6, 6.07) is -0.492. The Morgan fingerprint density at radius 1 is 1.44 bits per heavy atom. The second kappa shape index (κ2) is 6.70. The van der Waals surface area contributed by atoms with E-state index in [1.54, 1.807) is 14.1 Å². The molecule has 0 heterocycles. The molecular weight excluding hydrogens is 223 g/mol. The molecule has 0 rings (SSSR count). The monoisotopic (exact) mass is 241 g/mol. The molecule has 0 aromatic heterocycles. The highest BCUT2D eigenvalue weighted by Gasteiger charge is 2.27. The summed E-state index contributed by atoms with van der Waals surface area (Å²) in [6.07, 6.45) is -4.58. The molecule has 1 unspecified atom stereocenters. The Morgan fingerprint density at radius 2 is 2.00 bits per heavy atom. The molecule has 0 saturated heterocycles. The molecule has 0 aliphatic rings. The molecule has 0 aromatic rings. The van der Waals surface area contributed by atoms with Crippen molar-refractivity contribution in [1.29, 1.82) is 0 Å². The highest BCUT2D eigenvalue weighted by atomic mass is 19.4. The van der Waals surface area contributed by atoms with Gasteiger partial charge in [0.25, 0.3) is 0 Å². The maximum absolute atomic E-state index is 11.9. The van der Waals surface area contributed by atoms with Crippen molar-refractivity contribution in [3.8, 4) is 0 Å². The summed E-state index contributed by atoms with van der Waals surface area (Å²) >= 11 is 0. The Hall–Kier alpha value is -0.820. The lowest BCUT2D eigenvalue weighted by Crippen LogP contribution is -2.41. The number of hydrogen-bond donors (Lipinski definition) is 2. The number of nitrogens with zero attached hydrogens (tertiary/aromatic N) is 1. The summed E-state index contributed by atoms with van der Waals surface area (Å²) in [5, 5.41) is 2.71.